The van der Waals surface area contributed by atoms with Crippen molar-refractivity contribution in [1.29, 1.82) is 5.26 Å². The first kappa shape index (κ1) is 19.1. The number of rotatable bonds is 6. The van der Waals surface area contributed by atoms with Gasteiger partial charge in [-0.25, -0.2) is 8.78 Å². The fourth-order valence-corrected chi connectivity index (χ4v) is 2.60. The highest BCUT2D eigenvalue weighted by Crippen LogP contribution is 2.20. The summed E-state index contributed by atoms with van der Waals surface area (Å²) in [5.41, 5.74) is 1.97. The van der Waals surface area contributed by atoms with Crippen molar-refractivity contribution in [2.24, 2.45) is 0 Å². The first-order valence-corrected chi connectivity index (χ1v) is 8.49. The third kappa shape index (κ3) is 4.92. The number of carbonyl (C=O) groups excluding carboxylic acids is 1. The van der Waals surface area contributed by atoms with Crippen LogP contribution < -0.4 is 10.1 Å². The minimum Gasteiger partial charge on any atom is -0.489 e. The molecule has 4 nitrogen and oxygen atoms in total. The Hall–Kier alpha value is -3.72. The molecule has 0 aliphatic carbocycles. The van der Waals surface area contributed by atoms with Crippen LogP contribution in [0.4, 0.5) is 14.5 Å². The molecule has 0 aliphatic heterocycles. The molecule has 0 unspecified atom stereocenters. The van der Waals surface area contributed by atoms with Gasteiger partial charge < -0.3 is 10.1 Å². The molecule has 3 aromatic carbocycles. The molecule has 3 aromatic rings. The Morgan fingerprint density at radius 1 is 1.00 bits per heavy atom. The van der Waals surface area contributed by atoms with Crippen LogP contribution in [0, 0.1) is 23.0 Å². The summed E-state index contributed by atoms with van der Waals surface area (Å²) in [7, 11) is 0. The van der Waals surface area contributed by atoms with E-state index in [1.54, 1.807) is 36.4 Å². The lowest BCUT2D eigenvalue weighted by molar-refractivity contribution is 0.102. The van der Waals surface area contributed by atoms with Gasteiger partial charge in [0.2, 0.25) is 0 Å². The molecule has 28 heavy (non-hydrogen) atoms. The maximum Gasteiger partial charge on any atom is 0.255 e. The predicted molar refractivity (Wildman–Crippen MR) is 101 cm³/mol. The summed E-state index contributed by atoms with van der Waals surface area (Å²) in [6, 6.07) is 18.9. The monoisotopic (exact) mass is 378 g/mol. The van der Waals surface area contributed by atoms with Gasteiger partial charge in [0.1, 0.15) is 24.0 Å². The SMILES string of the molecule is N#CCc1ccc(OCc2ccccc2NC(=O)c2cc(F)cc(F)c2)cc1. The summed E-state index contributed by atoms with van der Waals surface area (Å²) in [5, 5.41) is 11.4. The lowest BCUT2D eigenvalue weighted by atomic mass is 10.1. The highest BCUT2D eigenvalue weighted by atomic mass is 19.1. The Balaban J connectivity index is 1.70. The summed E-state index contributed by atoms with van der Waals surface area (Å²) in [5.74, 6) is -1.63. The molecule has 0 heterocycles. The number of hydrogen-bond acceptors (Lipinski definition) is 3. The second kappa shape index (κ2) is 8.78. The van der Waals surface area contributed by atoms with Gasteiger partial charge in [-0.3, -0.25) is 4.79 Å². The largest absolute Gasteiger partial charge is 0.489 e. The fourth-order valence-electron chi connectivity index (χ4n) is 2.60. The molecule has 140 valence electrons. The maximum atomic E-state index is 13.3. The molecular weight excluding hydrogens is 362 g/mol. The maximum absolute atomic E-state index is 13.3. The first-order valence-electron chi connectivity index (χ1n) is 8.49. The van der Waals surface area contributed by atoms with Gasteiger partial charge in [-0.1, -0.05) is 30.3 Å². The van der Waals surface area contributed by atoms with Crippen LogP contribution in [0.1, 0.15) is 21.5 Å². The van der Waals surface area contributed by atoms with Crippen LogP contribution in [0.25, 0.3) is 0 Å². The molecule has 0 atom stereocenters. The molecule has 0 aromatic heterocycles. The summed E-state index contributed by atoms with van der Waals surface area (Å²) < 4.78 is 32.4. The van der Waals surface area contributed by atoms with E-state index in [1.807, 2.05) is 12.1 Å². The quantitative estimate of drug-likeness (QED) is 0.666. The number of benzene rings is 3. The van der Waals surface area contributed by atoms with Gasteiger partial charge >= 0.3 is 0 Å². The van der Waals surface area contributed by atoms with Crippen molar-refractivity contribution in [2.75, 3.05) is 5.32 Å². The number of para-hydroxylation sites is 1. The van der Waals surface area contributed by atoms with E-state index in [2.05, 4.69) is 11.4 Å². The summed E-state index contributed by atoms with van der Waals surface area (Å²) >= 11 is 0. The van der Waals surface area contributed by atoms with Crippen molar-refractivity contribution >= 4 is 11.6 Å². The molecule has 0 aliphatic rings. The standard InChI is InChI=1S/C22H16F2N2O2/c23-18-11-17(12-19(24)13-18)22(27)26-21-4-2-1-3-16(21)14-28-20-7-5-15(6-8-20)9-10-25/h1-8,11-13H,9,14H2,(H,26,27). The zero-order valence-electron chi connectivity index (χ0n) is 14.8. The van der Waals surface area contributed by atoms with E-state index in [4.69, 9.17) is 10.00 Å². The minimum atomic E-state index is -0.818. The van der Waals surface area contributed by atoms with Gasteiger partial charge in [-0.15, -0.1) is 0 Å². The third-order valence-electron chi connectivity index (χ3n) is 3.99. The Bertz CT molecular complexity index is 1010. The van der Waals surface area contributed by atoms with Gasteiger partial charge in [0.25, 0.3) is 5.91 Å². The lowest BCUT2D eigenvalue weighted by Crippen LogP contribution is -2.14. The van der Waals surface area contributed by atoms with E-state index < -0.39 is 17.5 Å². The third-order valence-corrected chi connectivity index (χ3v) is 3.99. The van der Waals surface area contributed by atoms with Crippen molar-refractivity contribution < 1.29 is 18.3 Å². The summed E-state index contributed by atoms with van der Waals surface area (Å²) in [6.07, 6.45) is 0.329. The van der Waals surface area contributed by atoms with Crippen molar-refractivity contribution in [3.05, 3.63) is 95.1 Å². The summed E-state index contributed by atoms with van der Waals surface area (Å²) in [6.45, 7) is 0.186. The normalized spacial score (nSPS) is 10.2. The highest BCUT2D eigenvalue weighted by Gasteiger charge is 2.12. The molecule has 0 fully saturated rings. The van der Waals surface area contributed by atoms with Gasteiger partial charge in [-0.2, -0.15) is 5.26 Å². The van der Waals surface area contributed by atoms with E-state index in [9.17, 15) is 13.6 Å². The van der Waals surface area contributed by atoms with E-state index in [0.29, 0.717) is 29.5 Å². The summed E-state index contributed by atoms with van der Waals surface area (Å²) in [4.78, 5) is 12.3. The average Bonchev–Trinajstić information content (AvgIpc) is 2.68. The molecule has 0 saturated carbocycles. The van der Waals surface area contributed by atoms with Gasteiger partial charge in [0, 0.05) is 22.9 Å². The van der Waals surface area contributed by atoms with Gasteiger partial charge in [-0.05, 0) is 35.9 Å². The van der Waals surface area contributed by atoms with Crippen LogP contribution in [-0.4, -0.2) is 5.91 Å². The van der Waals surface area contributed by atoms with Crippen LogP contribution >= 0.6 is 0 Å². The number of nitrogens with one attached hydrogen (secondary N) is 1. The molecule has 0 spiro atoms. The van der Waals surface area contributed by atoms with Crippen molar-refractivity contribution in [1.82, 2.24) is 0 Å². The number of nitriles is 1. The van der Waals surface area contributed by atoms with E-state index >= 15 is 0 Å². The number of nitrogens with zero attached hydrogens (tertiary/aromatic N) is 1. The second-order valence-electron chi connectivity index (χ2n) is 6.04. The Morgan fingerprint density at radius 3 is 2.36 bits per heavy atom. The number of ether oxygens (including phenoxy) is 1. The Morgan fingerprint density at radius 2 is 1.68 bits per heavy atom. The zero-order chi connectivity index (χ0) is 19.9. The van der Waals surface area contributed by atoms with E-state index in [0.717, 1.165) is 17.7 Å². The fraction of sp³-hybridized carbons (Fsp3) is 0.0909. The molecule has 6 heteroatoms. The van der Waals surface area contributed by atoms with Crippen LogP contribution in [0.15, 0.2) is 66.7 Å². The van der Waals surface area contributed by atoms with Crippen molar-refractivity contribution in [3.8, 4) is 11.8 Å². The number of halogens is 2. The molecule has 0 bridgehead atoms. The minimum absolute atomic E-state index is 0.110. The second-order valence-corrected chi connectivity index (χ2v) is 6.04. The molecule has 1 amide bonds. The van der Waals surface area contributed by atoms with Crippen LogP contribution in [0.5, 0.6) is 5.75 Å². The highest BCUT2D eigenvalue weighted by molar-refractivity contribution is 6.04. The van der Waals surface area contributed by atoms with Gasteiger partial charge in [0.15, 0.2) is 0 Å². The topological polar surface area (TPSA) is 62.1 Å². The van der Waals surface area contributed by atoms with E-state index in [1.165, 1.54) is 0 Å². The first-order chi connectivity index (χ1) is 13.5. The average molecular weight is 378 g/mol. The number of amides is 1. The predicted octanol–water partition coefficient (Wildman–Crippen LogP) is 4.86. The zero-order valence-corrected chi connectivity index (χ0v) is 14.8. The van der Waals surface area contributed by atoms with Crippen LogP contribution in [0.3, 0.4) is 0 Å². The molecule has 0 saturated heterocycles. The van der Waals surface area contributed by atoms with Crippen molar-refractivity contribution in [3.63, 3.8) is 0 Å². The number of carbonyl (C=O) groups is 1. The smallest absolute Gasteiger partial charge is 0.255 e. The number of anilines is 1. The molecule has 3 rings (SSSR count). The van der Waals surface area contributed by atoms with Crippen LogP contribution in [0.2, 0.25) is 0 Å². The Labute approximate surface area is 161 Å². The van der Waals surface area contributed by atoms with Crippen molar-refractivity contribution in [2.45, 2.75) is 13.0 Å². The Kier molecular flexibility index (Phi) is 5.97. The van der Waals surface area contributed by atoms with Crippen LogP contribution in [-0.2, 0) is 13.0 Å². The lowest BCUT2D eigenvalue weighted by Gasteiger charge is -2.13. The molecule has 0 radical (unpaired) electrons. The molecular formula is C22H16F2N2O2. The van der Waals surface area contributed by atoms with E-state index in [-0.39, 0.29) is 12.2 Å². The molecule has 1 N–H and O–H groups in total. The number of hydrogen-bond donors (Lipinski definition) is 1. The van der Waals surface area contributed by atoms with Gasteiger partial charge in [0.05, 0.1) is 12.5 Å².